The lowest BCUT2D eigenvalue weighted by molar-refractivity contribution is -0.136. The summed E-state index contributed by atoms with van der Waals surface area (Å²) in [7, 11) is 0. The Morgan fingerprint density at radius 1 is 1.45 bits per heavy atom. The van der Waals surface area contributed by atoms with Crippen LogP contribution >= 0.6 is 0 Å². The summed E-state index contributed by atoms with van der Waals surface area (Å²) in [6.07, 6.45) is 1.47. The molecule has 0 aliphatic carbocycles. The predicted molar refractivity (Wildman–Crippen MR) is 72.8 cm³/mol. The lowest BCUT2D eigenvalue weighted by Gasteiger charge is -2.22. The second-order valence-electron chi connectivity index (χ2n) is 4.60. The predicted octanol–water partition coefficient (Wildman–Crippen LogP) is -0.667. The first-order chi connectivity index (χ1) is 9.34. The van der Waals surface area contributed by atoms with Crippen LogP contribution in [0.4, 0.5) is 5.69 Å². The lowest BCUT2D eigenvalue weighted by Crippen LogP contribution is -2.47. The number of carboxylic acid groups (broad SMARTS) is 1. The molecule has 0 aliphatic heterocycles. The molecule has 1 aromatic heterocycles. The van der Waals surface area contributed by atoms with Crippen LogP contribution < -0.4 is 22.1 Å². The average Bonchev–Trinajstić information content (AvgIpc) is 2.34. The Morgan fingerprint density at radius 3 is 2.65 bits per heavy atom. The third-order valence-corrected chi connectivity index (χ3v) is 2.65. The molecule has 8 nitrogen and oxygen atoms in total. The van der Waals surface area contributed by atoms with Gasteiger partial charge < -0.3 is 15.4 Å². The highest BCUT2D eigenvalue weighted by Crippen LogP contribution is 2.16. The number of aromatic nitrogens is 1. The molecule has 0 radical (unpaired) electrons. The number of amides is 1. The van der Waals surface area contributed by atoms with Gasteiger partial charge in [0.1, 0.15) is 12.6 Å². The van der Waals surface area contributed by atoms with E-state index in [0.717, 1.165) is 0 Å². The van der Waals surface area contributed by atoms with Crippen molar-refractivity contribution in [3.8, 4) is 0 Å². The summed E-state index contributed by atoms with van der Waals surface area (Å²) >= 11 is 0. The van der Waals surface area contributed by atoms with Gasteiger partial charge in [-0.15, -0.1) is 0 Å². The molecule has 1 heterocycles. The van der Waals surface area contributed by atoms with Gasteiger partial charge in [-0.1, -0.05) is 13.8 Å². The molecule has 1 atom stereocenters. The van der Waals surface area contributed by atoms with E-state index in [2.05, 4.69) is 10.9 Å². The van der Waals surface area contributed by atoms with Crippen molar-refractivity contribution in [3.63, 3.8) is 0 Å². The van der Waals surface area contributed by atoms with Gasteiger partial charge in [0.2, 0.25) is 0 Å². The summed E-state index contributed by atoms with van der Waals surface area (Å²) in [6.45, 7) is 3.14. The SMILES string of the molecule is CC(C)C(C(=O)NNCC(=O)O)n1cccc(N)c1=O. The Labute approximate surface area is 115 Å². The van der Waals surface area contributed by atoms with Crippen LogP contribution in [0.1, 0.15) is 19.9 Å². The van der Waals surface area contributed by atoms with E-state index in [1.54, 1.807) is 19.9 Å². The second-order valence-corrected chi connectivity index (χ2v) is 4.60. The van der Waals surface area contributed by atoms with E-state index >= 15 is 0 Å². The van der Waals surface area contributed by atoms with Gasteiger partial charge >= 0.3 is 5.97 Å². The normalized spacial score (nSPS) is 12.2. The number of pyridine rings is 1. The Kier molecular flexibility index (Phi) is 5.27. The third kappa shape index (κ3) is 3.82. The van der Waals surface area contributed by atoms with Crippen molar-refractivity contribution in [2.45, 2.75) is 19.9 Å². The first-order valence-corrected chi connectivity index (χ1v) is 6.05. The number of carbonyl (C=O) groups is 2. The molecule has 0 saturated carbocycles. The van der Waals surface area contributed by atoms with Gasteiger partial charge in [-0.3, -0.25) is 19.8 Å². The summed E-state index contributed by atoms with van der Waals surface area (Å²) in [5, 5.41) is 8.49. The van der Waals surface area contributed by atoms with Gasteiger partial charge in [0, 0.05) is 6.20 Å². The molecule has 1 unspecified atom stereocenters. The zero-order valence-electron chi connectivity index (χ0n) is 11.3. The highest BCUT2D eigenvalue weighted by Gasteiger charge is 2.25. The molecule has 0 fully saturated rings. The highest BCUT2D eigenvalue weighted by atomic mass is 16.4. The van der Waals surface area contributed by atoms with Crippen LogP contribution in [0.3, 0.4) is 0 Å². The fraction of sp³-hybridized carbons (Fsp3) is 0.417. The number of carbonyl (C=O) groups excluding carboxylic acids is 1. The first-order valence-electron chi connectivity index (χ1n) is 6.05. The number of hydrogen-bond donors (Lipinski definition) is 4. The Balaban J connectivity index is 2.94. The van der Waals surface area contributed by atoms with Crippen molar-refractivity contribution in [1.82, 2.24) is 15.4 Å². The largest absolute Gasteiger partial charge is 0.480 e. The summed E-state index contributed by atoms with van der Waals surface area (Å²) in [6, 6.07) is 2.24. The number of rotatable bonds is 6. The Hall–Kier alpha value is -2.35. The molecule has 1 rings (SSSR count). The van der Waals surface area contributed by atoms with Crippen LogP contribution in [-0.4, -0.2) is 28.1 Å². The maximum atomic E-state index is 12.1. The maximum Gasteiger partial charge on any atom is 0.319 e. The van der Waals surface area contributed by atoms with E-state index in [0.29, 0.717) is 0 Å². The van der Waals surface area contributed by atoms with Gasteiger partial charge in [-0.2, -0.15) is 0 Å². The number of nitrogens with two attached hydrogens (primary N) is 1. The van der Waals surface area contributed by atoms with E-state index in [4.69, 9.17) is 10.8 Å². The fourth-order valence-corrected chi connectivity index (χ4v) is 1.78. The molecule has 0 aromatic carbocycles. The molecule has 0 saturated heterocycles. The molecule has 0 bridgehead atoms. The Morgan fingerprint density at radius 2 is 2.10 bits per heavy atom. The lowest BCUT2D eigenvalue weighted by atomic mass is 10.0. The average molecular weight is 282 g/mol. The quantitative estimate of drug-likeness (QED) is 0.513. The van der Waals surface area contributed by atoms with E-state index in [1.807, 2.05) is 0 Å². The Bertz CT molecular complexity index is 553. The smallest absolute Gasteiger partial charge is 0.319 e. The van der Waals surface area contributed by atoms with Crippen LogP contribution in [0.25, 0.3) is 0 Å². The van der Waals surface area contributed by atoms with E-state index in [9.17, 15) is 14.4 Å². The molecule has 5 N–H and O–H groups in total. The van der Waals surface area contributed by atoms with Crippen molar-refractivity contribution in [1.29, 1.82) is 0 Å². The van der Waals surface area contributed by atoms with E-state index in [1.165, 1.54) is 16.8 Å². The number of hydrazine groups is 1. The van der Waals surface area contributed by atoms with Crippen molar-refractivity contribution in [2.24, 2.45) is 5.92 Å². The zero-order chi connectivity index (χ0) is 15.3. The van der Waals surface area contributed by atoms with Crippen molar-refractivity contribution >= 4 is 17.6 Å². The third-order valence-electron chi connectivity index (χ3n) is 2.65. The summed E-state index contributed by atoms with van der Waals surface area (Å²) in [5.74, 6) is -1.79. The van der Waals surface area contributed by atoms with Crippen LogP contribution in [0, 0.1) is 5.92 Å². The molecule has 110 valence electrons. The van der Waals surface area contributed by atoms with Crippen LogP contribution in [0.2, 0.25) is 0 Å². The summed E-state index contributed by atoms with van der Waals surface area (Å²) < 4.78 is 1.23. The minimum atomic E-state index is -1.10. The fourth-order valence-electron chi connectivity index (χ4n) is 1.78. The van der Waals surface area contributed by atoms with Gasteiger partial charge in [-0.25, -0.2) is 5.43 Å². The maximum absolute atomic E-state index is 12.1. The molecular formula is C12H18N4O4. The van der Waals surface area contributed by atoms with Crippen LogP contribution in [0.15, 0.2) is 23.1 Å². The molecule has 20 heavy (non-hydrogen) atoms. The van der Waals surface area contributed by atoms with Crippen molar-refractivity contribution in [2.75, 3.05) is 12.3 Å². The second kappa shape index (κ2) is 6.71. The molecule has 0 aliphatic rings. The minimum absolute atomic E-state index is 0.0458. The molecular weight excluding hydrogens is 264 g/mol. The van der Waals surface area contributed by atoms with Crippen molar-refractivity contribution in [3.05, 3.63) is 28.7 Å². The molecule has 0 spiro atoms. The van der Waals surface area contributed by atoms with Gasteiger partial charge in [0.25, 0.3) is 11.5 Å². The number of nitrogens with one attached hydrogen (secondary N) is 2. The van der Waals surface area contributed by atoms with Crippen molar-refractivity contribution < 1.29 is 14.7 Å². The molecule has 8 heteroatoms. The monoisotopic (exact) mass is 282 g/mol. The molecule has 1 amide bonds. The number of anilines is 1. The first kappa shape index (κ1) is 15.7. The van der Waals surface area contributed by atoms with E-state index in [-0.39, 0.29) is 11.6 Å². The number of hydrogen-bond acceptors (Lipinski definition) is 5. The van der Waals surface area contributed by atoms with Gasteiger partial charge in [0.05, 0.1) is 5.69 Å². The summed E-state index contributed by atoms with van der Waals surface area (Å²) in [4.78, 5) is 34.4. The zero-order valence-corrected chi connectivity index (χ0v) is 11.3. The van der Waals surface area contributed by atoms with Gasteiger partial charge in [0.15, 0.2) is 0 Å². The minimum Gasteiger partial charge on any atom is -0.480 e. The number of aliphatic carboxylic acids is 1. The van der Waals surface area contributed by atoms with E-state index < -0.39 is 30.0 Å². The standard InChI is InChI=1S/C12H18N4O4/c1-7(2)10(11(19)15-14-6-9(17)18)16-5-3-4-8(13)12(16)20/h3-5,7,10,14H,6,13H2,1-2H3,(H,15,19)(H,17,18). The summed E-state index contributed by atoms with van der Waals surface area (Å²) in [5.41, 5.74) is 9.68. The highest BCUT2D eigenvalue weighted by molar-refractivity contribution is 5.80. The number of carboxylic acids is 1. The van der Waals surface area contributed by atoms with Crippen LogP contribution in [-0.2, 0) is 9.59 Å². The number of nitrogens with zero attached hydrogens (tertiary/aromatic N) is 1. The van der Waals surface area contributed by atoms with Gasteiger partial charge in [-0.05, 0) is 18.1 Å². The van der Waals surface area contributed by atoms with Crippen LogP contribution in [0.5, 0.6) is 0 Å². The topological polar surface area (TPSA) is 126 Å². The molecule has 1 aromatic rings. The number of nitrogen functional groups attached to an aromatic ring is 1.